The first-order chi connectivity index (χ1) is 26.8. The summed E-state index contributed by atoms with van der Waals surface area (Å²) in [5.74, 6) is 0. The average Bonchev–Trinajstić information content (AvgIpc) is 3.24. The van der Waals surface area contributed by atoms with Crippen LogP contribution in [-0.2, 0) is 0 Å². The highest BCUT2D eigenvalue weighted by Gasteiger charge is 2.17. The van der Waals surface area contributed by atoms with Gasteiger partial charge in [0.25, 0.3) is 0 Å². The monoisotopic (exact) mass is 682 g/mol. The molecule has 0 saturated heterocycles. The van der Waals surface area contributed by atoms with Crippen molar-refractivity contribution < 1.29 is 0 Å². The van der Waals surface area contributed by atoms with Gasteiger partial charge in [-0.1, -0.05) is 182 Å². The van der Waals surface area contributed by atoms with Gasteiger partial charge in [-0.15, -0.1) is 0 Å². The fourth-order valence-corrected chi connectivity index (χ4v) is 8.81. The van der Waals surface area contributed by atoms with E-state index in [1.165, 1.54) is 109 Å². The van der Waals surface area contributed by atoms with Crippen LogP contribution in [0.5, 0.6) is 0 Å². The molecule has 0 aliphatic carbocycles. The fourth-order valence-electron chi connectivity index (χ4n) is 8.81. The molecule has 0 fully saturated rings. The summed E-state index contributed by atoms with van der Waals surface area (Å²) in [6.07, 6.45) is 0. The van der Waals surface area contributed by atoms with Gasteiger partial charge in [0.2, 0.25) is 0 Å². The fraction of sp³-hybridized carbons (Fsp3) is 0. The van der Waals surface area contributed by atoms with Crippen molar-refractivity contribution in [1.29, 1.82) is 0 Å². The lowest BCUT2D eigenvalue weighted by Crippen LogP contribution is -1.91. The van der Waals surface area contributed by atoms with Crippen molar-refractivity contribution in [3.05, 3.63) is 206 Å². The summed E-state index contributed by atoms with van der Waals surface area (Å²) in [6, 6.07) is 76.1. The van der Waals surface area contributed by atoms with Crippen LogP contribution in [0.1, 0.15) is 0 Å². The molecule has 11 rings (SSSR count). The number of benzene rings is 11. The Kier molecular flexibility index (Phi) is 6.97. The summed E-state index contributed by atoms with van der Waals surface area (Å²) >= 11 is 0. The van der Waals surface area contributed by atoms with Gasteiger partial charge in [0.05, 0.1) is 0 Å². The standard InChI is InChI=1S/C54H34/c1-2-12-39-31-42(29-24-35(39)11-1)53-48-17-7-9-19-50(48)54(51-20-10-8-18-49(51)53)43-30-25-37-23-28-40(32-44(37)33-43)36-21-26-38(27-22-36)52-34-41-13-3-4-14-45(41)46-15-5-6-16-47(46)52/h1-34H. The van der Waals surface area contributed by atoms with Crippen LogP contribution < -0.4 is 0 Å². The van der Waals surface area contributed by atoms with Crippen LogP contribution in [0.2, 0.25) is 0 Å². The summed E-state index contributed by atoms with van der Waals surface area (Å²) in [4.78, 5) is 0. The lowest BCUT2D eigenvalue weighted by molar-refractivity contribution is 1.62. The van der Waals surface area contributed by atoms with Crippen LogP contribution in [0.4, 0.5) is 0 Å². The van der Waals surface area contributed by atoms with E-state index in [0.29, 0.717) is 0 Å². The molecule has 0 bridgehead atoms. The second-order valence-electron chi connectivity index (χ2n) is 14.4. The molecule has 54 heavy (non-hydrogen) atoms. The maximum atomic E-state index is 2.39. The SMILES string of the molecule is c1ccc2cc(-c3c4ccccc4c(-c4ccc5ccc(-c6ccc(-c7cc8ccccc8c8ccccc78)cc6)cc5c4)c4ccccc34)ccc2c1. The average molecular weight is 683 g/mol. The normalized spacial score (nSPS) is 11.7. The molecule has 0 heterocycles. The van der Waals surface area contributed by atoms with E-state index < -0.39 is 0 Å². The number of hydrogen-bond donors (Lipinski definition) is 0. The summed E-state index contributed by atoms with van der Waals surface area (Å²) in [5, 5.41) is 15.2. The van der Waals surface area contributed by atoms with Gasteiger partial charge in [-0.3, -0.25) is 0 Å². The molecular formula is C54H34. The third-order valence-corrected chi connectivity index (χ3v) is 11.4. The van der Waals surface area contributed by atoms with E-state index >= 15 is 0 Å². The molecule has 0 radical (unpaired) electrons. The molecule has 11 aromatic carbocycles. The summed E-state index contributed by atoms with van der Waals surface area (Å²) in [6.45, 7) is 0. The molecule has 0 unspecified atom stereocenters. The van der Waals surface area contributed by atoms with E-state index in [1.807, 2.05) is 0 Å². The van der Waals surface area contributed by atoms with E-state index in [2.05, 4.69) is 206 Å². The van der Waals surface area contributed by atoms with Crippen molar-refractivity contribution in [2.45, 2.75) is 0 Å². The topological polar surface area (TPSA) is 0 Å². The highest BCUT2D eigenvalue weighted by molar-refractivity contribution is 6.22. The molecule has 0 spiro atoms. The smallest absolute Gasteiger partial charge is 0.00262 e. The van der Waals surface area contributed by atoms with Crippen molar-refractivity contribution in [3.63, 3.8) is 0 Å². The lowest BCUT2D eigenvalue weighted by Gasteiger charge is -2.18. The number of rotatable bonds is 4. The van der Waals surface area contributed by atoms with Gasteiger partial charge in [-0.25, -0.2) is 0 Å². The van der Waals surface area contributed by atoms with Crippen molar-refractivity contribution in [2.24, 2.45) is 0 Å². The maximum absolute atomic E-state index is 2.39. The van der Waals surface area contributed by atoms with Crippen LogP contribution in [0.15, 0.2) is 206 Å². The van der Waals surface area contributed by atoms with Crippen molar-refractivity contribution >= 4 is 64.6 Å². The molecular weight excluding hydrogens is 649 g/mol. The second kappa shape index (κ2) is 12.3. The maximum Gasteiger partial charge on any atom is -0.00262 e. The third-order valence-electron chi connectivity index (χ3n) is 11.4. The Morgan fingerprint density at radius 1 is 0.185 bits per heavy atom. The quantitative estimate of drug-likeness (QED) is 0.128. The zero-order chi connectivity index (χ0) is 35.6. The molecule has 0 amide bonds. The molecule has 0 atom stereocenters. The predicted octanol–water partition coefficient (Wildman–Crippen LogP) is 15.3. The van der Waals surface area contributed by atoms with Gasteiger partial charge in [0, 0.05) is 0 Å². The second-order valence-corrected chi connectivity index (χ2v) is 14.4. The first-order valence-electron chi connectivity index (χ1n) is 18.7. The van der Waals surface area contributed by atoms with Crippen molar-refractivity contribution in [1.82, 2.24) is 0 Å². The highest BCUT2D eigenvalue weighted by atomic mass is 14.2. The van der Waals surface area contributed by atoms with E-state index in [4.69, 9.17) is 0 Å². The van der Waals surface area contributed by atoms with Crippen LogP contribution >= 0.6 is 0 Å². The Morgan fingerprint density at radius 2 is 0.574 bits per heavy atom. The largest absolute Gasteiger partial charge is 0.0616 e. The first-order valence-corrected chi connectivity index (χ1v) is 18.7. The van der Waals surface area contributed by atoms with Crippen molar-refractivity contribution in [2.75, 3.05) is 0 Å². The van der Waals surface area contributed by atoms with E-state index in [0.717, 1.165) is 0 Å². The minimum atomic E-state index is 1.21. The van der Waals surface area contributed by atoms with Crippen LogP contribution in [-0.4, -0.2) is 0 Å². The minimum Gasteiger partial charge on any atom is -0.0616 e. The Bertz CT molecular complexity index is 3200. The molecule has 250 valence electrons. The summed E-state index contributed by atoms with van der Waals surface area (Å²) < 4.78 is 0. The van der Waals surface area contributed by atoms with E-state index in [9.17, 15) is 0 Å². The zero-order valence-corrected chi connectivity index (χ0v) is 29.6. The van der Waals surface area contributed by atoms with E-state index in [1.54, 1.807) is 0 Å². The number of fused-ring (bicyclic) bond motifs is 7. The van der Waals surface area contributed by atoms with Gasteiger partial charge in [-0.05, 0) is 133 Å². The molecule has 0 aliphatic heterocycles. The molecule has 0 aromatic heterocycles. The van der Waals surface area contributed by atoms with Crippen LogP contribution in [0, 0.1) is 0 Å². The Morgan fingerprint density at radius 3 is 1.19 bits per heavy atom. The highest BCUT2D eigenvalue weighted by Crippen LogP contribution is 2.45. The Labute approximate surface area is 314 Å². The van der Waals surface area contributed by atoms with Gasteiger partial charge in [0.1, 0.15) is 0 Å². The molecule has 0 N–H and O–H groups in total. The Hall–Kier alpha value is -7.02. The molecule has 11 aromatic rings. The molecule has 0 nitrogen and oxygen atoms in total. The van der Waals surface area contributed by atoms with Gasteiger partial charge < -0.3 is 0 Å². The number of hydrogen-bond acceptors (Lipinski definition) is 0. The van der Waals surface area contributed by atoms with Gasteiger partial charge in [0.15, 0.2) is 0 Å². The molecule has 0 aliphatic rings. The lowest BCUT2D eigenvalue weighted by atomic mass is 9.85. The first kappa shape index (κ1) is 30.6. The zero-order valence-electron chi connectivity index (χ0n) is 29.6. The minimum absolute atomic E-state index is 1.21. The summed E-state index contributed by atoms with van der Waals surface area (Å²) in [5.41, 5.74) is 9.98. The third kappa shape index (κ3) is 4.92. The van der Waals surface area contributed by atoms with Crippen LogP contribution in [0.3, 0.4) is 0 Å². The van der Waals surface area contributed by atoms with Crippen molar-refractivity contribution in [3.8, 4) is 44.5 Å². The van der Waals surface area contributed by atoms with E-state index in [-0.39, 0.29) is 0 Å². The molecule has 0 saturated carbocycles. The van der Waals surface area contributed by atoms with Gasteiger partial charge >= 0.3 is 0 Å². The molecule has 0 heteroatoms. The van der Waals surface area contributed by atoms with Gasteiger partial charge in [-0.2, -0.15) is 0 Å². The summed E-state index contributed by atoms with van der Waals surface area (Å²) in [7, 11) is 0. The van der Waals surface area contributed by atoms with Crippen LogP contribution in [0.25, 0.3) is 109 Å². The predicted molar refractivity (Wildman–Crippen MR) is 233 cm³/mol. The Balaban J connectivity index is 1.03.